The summed E-state index contributed by atoms with van der Waals surface area (Å²) in [6, 6.07) is 1.42. The highest BCUT2D eigenvalue weighted by Gasteiger charge is 2.35. The molecule has 1 fully saturated rings. The molecule has 1 N–H and O–H groups in total. The lowest BCUT2D eigenvalue weighted by Gasteiger charge is -2.45. The van der Waals surface area contributed by atoms with Crippen LogP contribution in [0.4, 0.5) is 0 Å². The molecule has 0 saturated carbocycles. The first-order valence-electron chi connectivity index (χ1n) is 7.65. The zero-order valence-corrected chi connectivity index (χ0v) is 13.7. The van der Waals surface area contributed by atoms with E-state index >= 15 is 0 Å². The maximum Gasteiger partial charge on any atom is 0.141 e. The van der Waals surface area contributed by atoms with Gasteiger partial charge in [-0.05, 0) is 26.2 Å². The Morgan fingerprint density at radius 2 is 2.10 bits per heavy atom. The molecule has 1 aromatic rings. The highest BCUT2D eigenvalue weighted by molar-refractivity contribution is 4.95. The van der Waals surface area contributed by atoms with E-state index in [0.29, 0.717) is 18.1 Å². The van der Waals surface area contributed by atoms with E-state index in [9.17, 15) is 0 Å². The zero-order valence-electron chi connectivity index (χ0n) is 13.7. The van der Waals surface area contributed by atoms with Crippen LogP contribution < -0.4 is 5.32 Å². The molecule has 5 nitrogen and oxygen atoms in total. The fraction of sp³-hybridized carbons (Fsp3) is 0.867. The third kappa shape index (κ3) is 3.38. The number of aromatic nitrogens is 3. The van der Waals surface area contributed by atoms with Crippen molar-refractivity contribution in [2.24, 2.45) is 5.41 Å². The number of rotatable bonds is 3. The van der Waals surface area contributed by atoms with Gasteiger partial charge in [-0.15, -0.1) is 0 Å². The molecule has 1 aromatic heterocycles. The van der Waals surface area contributed by atoms with Gasteiger partial charge in [0.05, 0.1) is 6.54 Å². The smallest absolute Gasteiger partial charge is 0.141 e. The van der Waals surface area contributed by atoms with Crippen LogP contribution in [0.1, 0.15) is 53.4 Å². The van der Waals surface area contributed by atoms with Gasteiger partial charge >= 0.3 is 0 Å². The average molecular weight is 279 g/mol. The van der Waals surface area contributed by atoms with Crippen molar-refractivity contribution in [3.8, 4) is 0 Å². The second kappa shape index (κ2) is 5.82. The first kappa shape index (κ1) is 15.4. The molecular weight excluding hydrogens is 250 g/mol. The predicted octanol–water partition coefficient (Wildman–Crippen LogP) is 2.07. The summed E-state index contributed by atoms with van der Waals surface area (Å²) < 4.78 is 2.03. The lowest BCUT2D eigenvalue weighted by molar-refractivity contribution is 0.0491. The van der Waals surface area contributed by atoms with Gasteiger partial charge in [0.1, 0.15) is 12.2 Å². The van der Waals surface area contributed by atoms with Crippen molar-refractivity contribution in [3.63, 3.8) is 0 Å². The van der Waals surface area contributed by atoms with Crippen molar-refractivity contribution in [2.75, 3.05) is 13.1 Å². The molecule has 2 heterocycles. The number of piperazine rings is 1. The summed E-state index contributed by atoms with van der Waals surface area (Å²) in [5.74, 6) is 1.07. The number of nitrogens with one attached hydrogen (secondary N) is 1. The molecule has 0 aromatic carbocycles. The van der Waals surface area contributed by atoms with Gasteiger partial charge in [0.15, 0.2) is 0 Å². The molecule has 1 saturated heterocycles. The Kier molecular flexibility index (Phi) is 4.49. The number of nitrogens with zero attached hydrogens (tertiary/aromatic N) is 4. The van der Waals surface area contributed by atoms with Gasteiger partial charge in [0.2, 0.25) is 0 Å². The third-order valence-electron chi connectivity index (χ3n) is 4.09. The molecule has 0 amide bonds. The van der Waals surface area contributed by atoms with E-state index in [4.69, 9.17) is 0 Å². The minimum Gasteiger partial charge on any atom is -0.311 e. The average Bonchev–Trinajstić information content (AvgIpc) is 2.75. The van der Waals surface area contributed by atoms with E-state index in [0.717, 1.165) is 25.5 Å². The van der Waals surface area contributed by atoms with Crippen LogP contribution in [0.5, 0.6) is 0 Å². The van der Waals surface area contributed by atoms with Crippen LogP contribution >= 0.6 is 0 Å². The van der Waals surface area contributed by atoms with Crippen LogP contribution in [0.15, 0.2) is 6.33 Å². The Morgan fingerprint density at radius 3 is 2.70 bits per heavy atom. The number of hydrogen-bond acceptors (Lipinski definition) is 4. The van der Waals surface area contributed by atoms with Gasteiger partial charge in [0, 0.05) is 31.2 Å². The molecular formula is C15H29N5. The van der Waals surface area contributed by atoms with Gasteiger partial charge in [-0.3, -0.25) is 4.90 Å². The molecule has 114 valence electrons. The highest BCUT2D eigenvalue weighted by Crippen LogP contribution is 2.27. The standard InChI is InChI=1S/C15H29N5/c1-11(2)20-14(17-10-18-20)9-19-8-12(3)16-7-13(19)15(4,5)6/h10-13,16H,7-9H2,1-6H3. The normalized spacial score (nSPS) is 25.4. The first-order chi connectivity index (χ1) is 9.29. The molecule has 20 heavy (non-hydrogen) atoms. The van der Waals surface area contributed by atoms with E-state index < -0.39 is 0 Å². The lowest BCUT2D eigenvalue weighted by atomic mass is 9.84. The molecule has 1 aliphatic rings. The summed E-state index contributed by atoms with van der Waals surface area (Å²) in [6.07, 6.45) is 1.67. The third-order valence-corrected chi connectivity index (χ3v) is 4.09. The maximum absolute atomic E-state index is 4.46. The van der Waals surface area contributed by atoms with Crippen LogP contribution in [-0.4, -0.2) is 44.8 Å². The first-order valence-corrected chi connectivity index (χ1v) is 7.65. The molecule has 5 heteroatoms. The van der Waals surface area contributed by atoms with Crippen LogP contribution in [-0.2, 0) is 6.54 Å². The van der Waals surface area contributed by atoms with Gasteiger partial charge < -0.3 is 5.32 Å². The maximum atomic E-state index is 4.46. The lowest BCUT2D eigenvalue weighted by Crippen LogP contribution is -2.59. The minimum absolute atomic E-state index is 0.260. The van der Waals surface area contributed by atoms with E-state index in [1.165, 1.54) is 0 Å². The Bertz CT molecular complexity index is 432. The Balaban J connectivity index is 2.17. The summed E-state index contributed by atoms with van der Waals surface area (Å²) in [6.45, 7) is 16.5. The van der Waals surface area contributed by atoms with Crippen LogP contribution in [0, 0.1) is 5.41 Å². The van der Waals surface area contributed by atoms with E-state index in [1.807, 2.05) is 4.68 Å². The zero-order chi connectivity index (χ0) is 14.9. The summed E-state index contributed by atoms with van der Waals surface area (Å²) in [7, 11) is 0. The van der Waals surface area contributed by atoms with E-state index in [-0.39, 0.29) is 5.41 Å². The van der Waals surface area contributed by atoms with Crippen molar-refractivity contribution >= 4 is 0 Å². The van der Waals surface area contributed by atoms with Gasteiger partial charge in [-0.1, -0.05) is 20.8 Å². The molecule has 0 radical (unpaired) electrons. The fourth-order valence-electron chi connectivity index (χ4n) is 3.01. The number of hydrogen-bond donors (Lipinski definition) is 1. The van der Waals surface area contributed by atoms with Crippen molar-refractivity contribution in [1.82, 2.24) is 25.0 Å². The van der Waals surface area contributed by atoms with Crippen LogP contribution in [0.25, 0.3) is 0 Å². The van der Waals surface area contributed by atoms with E-state index in [2.05, 4.69) is 61.8 Å². The Labute approximate surface area is 122 Å². The van der Waals surface area contributed by atoms with Crippen molar-refractivity contribution in [1.29, 1.82) is 0 Å². The van der Waals surface area contributed by atoms with Crippen LogP contribution in [0.3, 0.4) is 0 Å². The molecule has 1 aliphatic heterocycles. The van der Waals surface area contributed by atoms with Gasteiger partial charge in [0.25, 0.3) is 0 Å². The molecule has 2 atom stereocenters. The highest BCUT2D eigenvalue weighted by atomic mass is 15.4. The Morgan fingerprint density at radius 1 is 1.40 bits per heavy atom. The van der Waals surface area contributed by atoms with Crippen molar-refractivity contribution in [2.45, 2.75) is 66.2 Å². The summed E-state index contributed by atoms with van der Waals surface area (Å²) in [5, 5.41) is 7.95. The predicted molar refractivity (Wildman–Crippen MR) is 81.5 cm³/mol. The molecule has 0 aliphatic carbocycles. The summed E-state index contributed by atoms with van der Waals surface area (Å²) in [4.78, 5) is 7.02. The monoisotopic (exact) mass is 279 g/mol. The summed E-state index contributed by atoms with van der Waals surface area (Å²) in [5.41, 5.74) is 0.260. The molecule has 2 rings (SSSR count). The molecule has 2 unspecified atom stereocenters. The molecule has 0 bridgehead atoms. The van der Waals surface area contributed by atoms with Gasteiger partial charge in [-0.25, -0.2) is 9.67 Å². The largest absolute Gasteiger partial charge is 0.311 e. The van der Waals surface area contributed by atoms with E-state index in [1.54, 1.807) is 6.33 Å². The second-order valence-electron chi connectivity index (χ2n) is 7.34. The minimum atomic E-state index is 0.260. The summed E-state index contributed by atoms with van der Waals surface area (Å²) >= 11 is 0. The molecule has 0 spiro atoms. The quantitative estimate of drug-likeness (QED) is 0.920. The van der Waals surface area contributed by atoms with Crippen molar-refractivity contribution < 1.29 is 0 Å². The van der Waals surface area contributed by atoms with Crippen molar-refractivity contribution in [3.05, 3.63) is 12.2 Å². The topological polar surface area (TPSA) is 46.0 Å². The van der Waals surface area contributed by atoms with Gasteiger partial charge in [-0.2, -0.15) is 5.10 Å². The SMILES string of the molecule is CC1CN(Cc2ncnn2C(C)C)C(C(C)(C)C)CN1. The fourth-order valence-corrected chi connectivity index (χ4v) is 3.01. The van der Waals surface area contributed by atoms with Crippen LogP contribution in [0.2, 0.25) is 0 Å². The Hall–Kier alpha value is -0.940. The second-order valence-corrected chi connectivity index (χ2v) is 7.34.